The fraction of sp³-hybridized carbons (Fsp3) is 0.212. The molecule has 1 aliphatic rings. The van der Waals surface area contributed by atoms with Gasteiger partial charge in [0.05, 0.1) is 16.3 Å². The zero-order valence-electron chi connectivity index (χ0n) is 22.7. The highest BCUT2D eigenvalue weighted by molar-refractivity contribution is 8.19. The summed E-state index contributed by atoms with van der Waals surface area (Å²) in [5.41, 5.74) is 9.79. The summed E-state index contributed by atoms with van der Waals surface area (Å²) in [5, 5.41) is 0.669. The number of aromatic nitrogens is 1. The van der Waals surface area contributed by atoms with Crippen LogP contribution in [0, 0.1) is 20.8 Å². The van der Waals surface area contributed by atoms with Gasteiger partial charge in [-0.1, -0.05) is 50.2 Å². The number of thioether (sulfide) groups is 1. The predicted octanol–water partition coefficient (Wildman–Crippen LogP) is 8.34. The summed E-state index contributed by atoms with van der Waals surface area (Å²) >= 11 is 1.43. The summed E-state index contributed by atoms with van der Waals surface area (Å²) in [6.07, 6.45) is 3.95. The number of anilines is 1. The Labute approximate surface area is 229 Å². The normalized spacial score (nSPS) is 15.7. The molecule has 0 saturated carbocycles. The van der Waals surface area contributed by atoms with Crippen LogP contribution in [0.5, 0.6) is 0 Å². The Kier molecular flexibility index (Phi) is 7.39. The number of amides is 1. The molecule has 0 N–H and O–H groups in total. The summed E-state index contributed by atoms with van der Waals surface area (Å²) < 4.78 is 2.25. The molecule has 5 heteroatoms. The van der Waals surface area contributed by atoms with Gasteiger partial charge in [0.2, 0.25) is 0 Å². The fourth-order valence-electron chi connectivity index (χ4n) is 4.81. The third-order valence-corrected chi connectivity index (χ3v) is 7.96. The zero-order chi connectivity index (χ0) is 26.8. The second kappa shape index (κ2) is 10.9. The molecule has 0 aliphatic carbocycles. The van der Waals surface area contributed by atoms with Crippen LogP contribution in [0.1, 0.15) is 47.5 Å². The number of hydrogen-bond donors (Lipinski definition) is 0. The lowest BCUT2D eigenvalue weighted by molar-refractivity contribution is -0.113. The Hall–Kier alpha value is -3.83. The first-order chi connectivity index (χ1) is 18.4. The van der Waals surface area contributed by atoms with Crippen molar-refractivity contribution in [3.8, 4) is 5.69 Å². The van der Waals surface area contributed by atoms with Crippen LogP contribution in [-0.4, -0.2) is 15.6 Å². The Bertz CT molecular complexity index is 1540. The smallest absolute Gasteiger partial charge is 0.271 e. The Morgan fingerprint density at radius 1 is 0.816 bits per heavy atom. The van der Waals surface area contributed by atoms with E-state index in [0.717, 1.165) is 46.9 Å². The van der Waals surface area contributed by atoms with Crippen LogP contribution in [0.25, 0.3) is 11.8 Å². The summed E-state index contributed by atoms with van der Waals surface area (Å²) in [4.78, 5) is 21.2. The Balaban J connectivity index is 1.56. The topological polar surface area (TPSA) is 37.6 Å². The minimum absolute atomic E-state index is 0.0523. The van der Waals surface area contributed by atoms with Gasteiger partial charge in [-0.3, -0.25) is 9.69 Å². The average molecular weight is 520 g/mol. The number of benzene rings is 3. The van der Waals surface area contributed by atoms with E-state index in [-0.39, 0.29) is 5.91 Å². The fourth-order valence-corrected chi connectivity index (χ4v) is 5.80. The highest BCUT2D eigenvalue weighted by atomic mass is 32.2. The molecule has 0 bridgehead atoms. The minimum Gasteiger partial charge on any atom is -0.318 e. The second-order valence-corrected chi connectivity index (χ2v) is 10.7. The quantitative estimate of drug-likeness (QED) is 0.240. The Morgan fingerprint density at radius 3 is 2.11 bits per heavy atom. The monoisotopic (exact) mass is 519 g/mol. The Morgan fingerprint density at radius 2 is 1.47 bits per heavy atom. The van der Waals surface area contributed by atoms with E-state index in [1.54, 1.807) is 4.90 Å². The summed E-state index contributed by atoms with van der Waals surface area (Å²) in [6, 6.07) is 27.1. The van der Waals surface area contributed by atoms with Crippen LogP contribution >= 0.6 is 11.8 Å². The molecule has 5 rings (SSSR count). The van der Waals surface area contributed by atoms with Crippen LogP contribution in [-0.2, 0) is 17.6 Å². The molecule has 192 valence electrons. The molecule has 0 radical (unpaired) electrons. The van der Waals surface area contributed by atoms with Gasteiger partial charge in [-0.15, -0.1) is 0 Å². The molecule has 4 nitrogen and oxygen atoms in total. The third kappa shape index (κ3) is 5.11. The highest BCUT2D eigenvalue weighted by Crippen LogP contribution is 2.38. The van der Waals surface area contributed by atoms with Crippen LogP contribution in [0.4, 0.5) is 11.4 Å². The molecule has 1 saturated heterocycles. The summed E-state index contributed by atoms with van der Waals surface area (Å²) in [6.45, 7) is 10.6. The van der Waals surface area contributed by atoms with Gasteiger partial charge in [0, 0.05) is 17.1 Å². The number of nitrogens with zero attached hydrogens (tertiary/aromatic N) is 3. The zero-order valence-corrected chi connectivity index (χ0v) is 23.5. The molecule has 1 aromatic heterocycles. The molecule has 4 aromatic rings. The van der Waals surface area contributed by atoms with Gasteiger partial charge in [-0.2, -0.15) is 0 Å². The largest absolute Gasteiger partial charge is 0.318 e. The van der Waals surface area contributed by atoms with Crippen molar-refractivity contribution in [2.45, 2.75) is 47.5 Å². The van der Waals surface area contributed by atoms with Gasteiger partial charge < -0.3 is 4.57 Å². The average Bonchev–Trinajstić information content (AvgIpc) is 3.38. The first-order valence-electron chi connectivity index (χ1n) is 13.1. The minimum atomic E-state index is -0.0523. The lowest BCUT2D eigenvalue weighted by Crippen LogP contribution is -2.28. The van der Waals surface area contributed by atoms with Crippen molar-refractivity contribution < 1.29 is 4.79 Å². The van der Waals surface area contributed by atoms with E-state index in [0.29, 0.717) is 10.1 Å². The molecule has 0 spiro atoms. The maximum atomic E-state index is 13.8. The number of amidine groups is 1. The van der Waals surface area contributed by atoms with Crippen molar-refractivity contribution in [3.63, 3.8) is 0 Å². The predicted molar refractivity (Wildman–Crippen MR) is 162 cm³/mol. The lowest BCUT2D eigenvalue weighted by atomic mass is 10.1. The SMILES string of the molecule is CCc1ccc(N=C2S/C(=C\c3cc(C)n(-c4cccc(C)c4)c3C)C(=O)N2c2ccc(CC)cc2)cc1. The second-order valence-electron chi connectivity index (χ2n) is 9.69. The third-order valence-electron chi connectivity index (χ3n) is 7.00. The van der Waals surface area contributed by atoms with Gasteiger partial charge in [-0.05, 0) is 116 Å². The van der Waals surface area contributed by atoms with Crippen LogP contribution < -0.4 is 4.90 Å². The molecule has 2 heterocycles. The lowest BCUT2D eigenvalue weighted by Gasteiger charge is -2.16. The van der Waals surface area contributed by atoms with Crippen molar-refractivity contribution in [2.24, 2.45) is 4.99 Å². The molecule has 1 aliphatic heterocycles. The van der Waals surface area contributed by atoms with Gasteiger partial charge >= 0.3 is 0 Å². The van der Waals surface area contributed by atoms with Gasteiger partial charge in [-0.25, -0.2) is 4.99 Å². The maximum absolute atomic E-state index is 13.8. The van der Waals surface area contributed by atoms with E-state index in [2.05, 4.69) is 93.8 Å². The van der Waals surface area contributed by atoms with Gasteiger partial charge in [0.1, 0.15) is 0 Å². The van der Waals surface area contributed by atoms with E-state index < -0.39 is 0 Å². The molecule has 0 unspecified atom stereocenters. The number of aliphatic imine (C=N–C) groups is 1. The maximum Gasteiger partial charge on any atom is 0.271 e. The molecule has 1 amide bonds. The van der Waals surface area contributed by atoms with Crippen LogP contribution in [0.3, 0.4) is 0 Å². The number of aryl methyl sites for hydroxylation is 4. The summed E-state index contributed by atoms with van der Waals surface area (Å²) in [5.74, 6) is -0.0523. The molecular weight excluding hydrogens is 486 g/mol. The van der Waals surface area contributed by atoms with E-state index in [9.17, 15) is 4.79 Å². The molecule has 0 atom stereocenters. The van der Waals surface area contributed by atoms with Crippen molar-refractivity contribution >= 4 is 40.3 Å². The van der Waals surface area contributed by atoms with E-state index >= 15 is 0 Å². The molecule has 3 aromatic carbocycles. The van der Waals surface area contributed by atoms with E-state index in [1.165, 1.54) is 28.5 Å². The number of carbonyl (C=O) groups is 1. The number of carbonyl (C=O) groups excluding carboxylic acids is 1. The van der Waals surface area contributed by atoms with Crippen molar-refractivity contribution in [1.29, 1.82) is 0 Å². The number of rotatable bonds is 6. The number of hydrogen-bond acceptors (Lipinski definition) is 3. The molecular formula is C33H33N3OS. The standard InChI is InChI=1S/C33H33N3OS/c1-6-25-11-15-28(16-12-25)34-33-36(29-17-13-26(7-2)14-18-29)32(37)31(38-33)21-27-20-23(4)35(24(27)5)30-10-8-9-22(3)19-30/h8-21H,6-7H2,1-5H3/b31-21-,34-33?. The molecule has 1 fully saturated rings. The highest BCUT2D eigenvalue weighted by Gasteiger charge is 2.35. The van der Waals surface area contributed by atoms with Crippen molar-refractivity contribution in [3.05, 3.63) is 117 Å². The first kappa shape index (κ1) is 25.8. The van der Waals surface area contributed by atoms with Crippen LogP contribution in [0.15, 0.2) is 88.8 Å². The van der Waals surface area contributed by atoms with E-state index in [4.69, 9.17) is 4.99 Å². The summed E-state index contributed by atoms with van der Waals surface area (Å²) in [7, 11) is 0. The molecule has 38 heavy (non-hydrogen) atoms. The van der Waals surface area contributed by atoms with Crippen molar-refractivity contribution in [1.82, 2.24) is 4.57 Å². The van der Waals surface area contributed by atoms with Crippen molar-refractivity contribution in [2.75, 3.05) is 4.90 Å². The first-order valence-corrected chi connectivity index (χ1v) is 14.0. The van der Waals surface area contributed by atoms with Crippen LogP contribution in [0.2, 0.25) is 0 Å². The van der Waals surface area contributed by atoms with E-state index in [1.807, 2.05) is 30.3 Å². The van der Waals surface area contributed by atoms with Gasteiger partial charge in [0.15, 0.2) is 5.17 Å². The van der Waals surface area contributed by atoms with Gasteiger partial charge in [0.25, 0.3) is 5.91 Å².